The van der Waals surface area contributed by atoms with Gasteiger partial charge in [-0.3, -0.25) is 4.79 Å². The zero-order valence-electron chi connectivity index (χ0n) is 12.2. The lowest BCUT2D eigenvalue weighted by atomic mass is 10.1. The van der Waals surface area contributed by atoms with Gasteiger partial charge < -0.3 is 9.72 Å². The fourth-order valence-corrected chi connectivity index (χ4v) is 2.50. The number of rotatable bonds is 6. The standard InChI is InChI=1S/C14H21N3O2Si/c1-20(2,3)7-6-19-11-17-10-13(9-16-17)12-4-5-15-14(18)8-12/h4-5,8-10H,6-7,11H2,1-3H3,(H,15,18). The zero-order chi connectivity index (χ0) is 14.6. The Hall–Kier alpha value is -1.66. The molecule has 0 atom stereocenters. The Morgan fingerprint density at radius 2 is 2.15 bits per heavy atom. The molecule has 2 aromatic heterocycles. The fraction of sp³-hybridized carbons (Fsp3) is 0.429. The second kappa shape index (κ2) is 6.19. The highest BCUT2D eigenvalue weighted by molar-refractivity contribution is 6.76. The molecule has 0 aromatic carbocycles. The third kappa shape index (κ3) is 4.46. The molecule has 0 aliphatic carbocycles. The minimum absolute atomic E-state index is 0.110. The van der Waals surface area contributed by atoms with Crippen molar-refractivity contribution in [2.45, 2.75) is 32.4 Å². The molecule has 1 N–H and O–H groups in total. The summed E-state index contributed by atoms with van der Waals surface area (Å²) in [5.41, 5.74) is 1.67. The largest absolute Gasteiger partial charge is 0.360 e. The maximum Gasteiger partial charge on any atom is 0.248 e. The van der Waals surface area contributed by atoms with Gasteiger partial charge in [-0.25, -0.2) is 4.68 Å². The molecule has 0 radical (unpaired) electrons. The highest BCUT2D eigenvalue weighted by Crippen LogP contribution is 2.15. The van der Waals surface area contributed by atoms with Crippen molar-refractivity contribution in [2.75, 3.05) is 6.61 Å². The Bertz CT molecular complexity index is 613. The summed E-state index contributed by atoms with van der Waals surface area (Å²) in [6.45, 7) is 8.21. The number of hydrogen-bond acceptors (Lipinski definition) is 3. The van der Waals surface area contributed by atoms with Crippen LogP contribution in [0.4, 0.5) is 0 Å². The topological polar surface area (TPSA) is 59.9 Å². The first-order valence-corrected chi connectivity index (χ1v) is 10.4. The maximum atomic E-state index is 11.3. The number of ether oxygens (including phenoxy) is 1. The van der Waals surface area contributed by atoms with Crippen LogP contribution in [0.2, 0.25) is 25.7 Å². The highest BCUT2D eigenvalue weighted by Gasteiger charge is 2.12. The monoisotopic (exact) mass is 291 g/mol. The Kier molecular flexibility index (Phi) is 4.56. The van der Waals surface area contributed by atoms with Crippen molar-refractivity contribution in [3.63, 3.8) is 0 Å². The van der Waals surface area contributed by atoms with Crippen LogP contribution < -0.4 is 5.56 Å². The lowest BCUT2D eigenvalue weighted by Gasteiger charge is -2.15. The normalized spacial score (nSPS) is 11.8. The predicted octanol–water partition coefficient (Wildman–Crippen LogP) is 2.55. The van der Waals surface area contributed by atoms with Crippen LogP contribution in [0.15, 0.2) is 35.5 Å². The van der Waals surface area contributed by atoms with Gasteiger partial charge >= 0.3 is 0 Å². The summed E-state index contributed by atoms with van der Waals surface area (Å²) in [6.07, 6.45) is 5.28. The van der Waals surface area contributed by atoms with Gasteiger partial charge in [-0.05, 0) is 17.7 Å². The van der Waals surface area contributed by atoms with Gasteiger partial charge in [-0.2, -0.15) is 5.10 Å². The van der Waals surface area contributed by atoms with Crippen LogP contribution in [0.25, 0.3) is 11.1 Å². The summed E-state index contributed by atoms with van der Waals surface area (Å²) in [7, 11) is -1.04. The van der Waals surface area contributed by atoms with E-state index >= 15 is 0 Å². The van der Waals surface area contributed by atoms with Crippen molar-refractivity contribution < 1.29 is 4.74 Å². The molecule has 0 amide bonds. The fourth-order valence-electron chi connectivity index (χ4n) is 1.74. The van der Waals surface area contributed by atoms with E-state index in [-0.39, 0.29) is 5.56 Å². The molecule has 0 saturated carbocycles. The smallest absolute Gasteiger partial charge is 0.248 e. The van der Waals surface area contributed by atoms with E-state index in [0.717, 1.165) is 23.8 Å². The van der Waals surface area contributed by atoms with Crippen LogP contribution in [0.5, 0.6) is 0 Å². The molecule has 2 rings (SSSR count). The van der Waals surface area contributed by atoms with Gasteiger partial charge in [-0.15, -0.1) is 0 Å². The number of aromatic nitrogens is 3. The highest BCUT2D eigenvalue weighted by atomic mass is 28.3. The van der Waals surface area contributed by atoms with E-state index in [0.29, 0.717) is 6.73 Å². The van der Waals surface area contributed by atoms with E-state index in [4.69, 9.17) is 4.74 Å². The van der Waals surface area contributed by atoms with Gasteiger partial charge in [0, 0.05) is 38.7 Å². The minimum Gasteiger partial charge on any atom is -0.360 e. The molecule has 0 fully saturated rings. The van der Waals surface area contributed by atoms with Crippen molar-refractivity contribution >= 4 is 8.07 Å². The molecule has 2 heterocycles. The van der Waals surface area contributed by atoms with Crippen LogP contribution in [0.1, 0.15) is 0 Å². The molecule has 0 unspecified atom stereocenters. The van der Waals surface area contributed by atoms with Gasteiger partial charge in [0.1, 0.15) is 6.73 Å². The van der Waals surface area contributed by atoms with E-state index in [1.165, 1.54) is 0 Å². The number of H-pyrrole nitrogens is 1. The first-order chi connectivity index (χ1) is 9.44. The number of pyridine rings is 1. The lowest BCUT2D eigenvalue weighted by Crippen LogP contribution is -2.22. The molecule has 0 aliphatic heterocycles. The number of nitrogens with zero attached hydrogens (tertiary/aromatic N) is 2. The van der Waals surface area contributed by atoms with Gasteiger partial charge in [0.25, 0.3) is 0 Å². The summed E-state index contributed by atoms with van der Waals surface area (Å²) in [4.78, 5) is 13.9. The number of hydrogen-bond donors (Lipinski definition) is 1. The van der Waals surface area contributed by atoms with Crippen LogP contribution >= 0.6 is 0 Å². The average Bonchev–Trinajstić information content (AvgIpc) is 2.82. The quantitative estimate of drug-likeness (QED) is 0.657. The molecule has 0 saturated heterocycles. The molecule has 6 heteroatoms. The molecule has 2 aromatic rings. The molecular weight excluding hydrogens is 270 g/mol. The van der Waals surface area contributed by atoms with Crippen LogP contribution in [0.3, 0.4) is 0 Å². The SMILES string of the molecule is C[Si](C)(C)CCOCn1cc(-c2cc[nH]c(=O)c2)cn1. The predicted molar refractivity (Wildman–Crippen MR) is 82.4 cm³/mol. The van der Waals surface area contributed by atoms with E-state index in [1.807, 2.05) is 12.3 Å². The van der Waals surface area contributed by atoms with E-state index < -0.39 is 8.07 Å². The molecule has 5 nitrogen and oxygen atoms in total. The average molecular weight is 291 g/mol. The van der Waals surface area contributed by atoms with Gasteiger partial charge in [0.05, 0.1) is 6.20 Å². The van der Waals surface area contributed by atoms with Crippen molar-refractivity contribution in [2.24, 2.45) is 0 Å². The molecule has 0 spiro atoms. The third-order valence-corrected chi connectivity index (χ3v) is 4.67. The first kappa shape index (κ1) is 14.7. The number of aromatic amines is 1. The van der Waals surface area contributed by atoms with E-state index in [9.17, 15) is 4.79 Å². The second-order valence-corrected chi connectivity index (χ2v) is 11.7. The van der Waals surface area contributed by atoms with Gasteiger partial charge in [-0.1, -0.05) is 19.6 Å². The Morgan fingerprint density at radius 3 is 2.85 bits per heavy atom. The van der Waals surface area contributed by atoms with Crippen molar-refractivity contribution in [3.8, 4) is 11.1 Å². The summed E-state index contributed by atoms with van der Waals surface area (Å²) in [5, 5.41) is 4.25. The summed E-state index contributed by atoms with van der Waals surface area (Å²) in [6, 6.07) is 4.57. The van der Waals surface area contributed by atoms with Crippen molar-refractivity contribution in [1.29, 1.82) is 0 Å². The van der Waals surface area contributed by atoms with Crippen molar-refractivity contribution in [1.82, 2.24) is 14.8 Å². The lowest BCUT2D eigenvalue weighted by molar-refractivity contribution is 0.0786. The first-order valence-electron chi connectivity index (χ1n) is 6.73. The molecule has 0 bridgehead atoms. The molecule has 108 valence electrons. The molecular formula is C14H21N3O2Si. The van der Waals surface area contributed by atoms with E-state index in [2.05, 4.69) is 29.7 Å². The zero-order valence-corrected chi connectivity index (χ0v) is 13.2. The van der Waals surface area contributed by atoms with Gasteiger partial charge in [0.15, 0.2) is 0 Å². The second-order valence-electron chi connectivity index (χ2n) is 6.06. The van der Waals surface area contributed by atoms with Crippen LogP contribution in [-0.4, -0.2) is 29.4 Å². The van der Waals surface area contributed by atoms with Crippen molar-refractivity contribution in [3.05, 3.63) is 41.1 Å². The maximum absolute atomic E-state index is 11.3. The van der Waals surface area contributed by atoms with E-state index in [1.54, 1.807) is 23.1 Å². The Balaban J connectivity index is 1.91. The minimum atomic E-state index is -1.04. The molecule has 0 aliphatic rings. The summed E-state index contributed by atoms with van der Waals surface area (Å²) >= 11 is 0. The van der Waals surface area contributed by atoms with Crippen LogP contribution in [-0.2, 0) is 11.5 Å². The summed E-state index contributed by atoms with van der Waals surface area (Å²) in [5.74, 6) is 0. The third-order valence-electron chi connectivity index (χ3n) is 2.96. The molecule has 20 heavy (non-hydrogen) atoms. The van der Waals surface area contributed by atoms with Crippen LogP contribution in [0, 0.1) is 0 Å². The number of nitrogens with one attached hydrogen (secondary N) is 1. The van der Waals surface area contributed by atoms with Gasteiger partial charge in [0.2, 0.25) is 5.56 Å². The summed E-state index contributed by atoms with van der Waals surface area (Å²) < 4.78 is 7.39. The Morgan fingerprint density at radius 1 is 1.35 bits per heavy atom. The Labute approximate surface area is 119 Å².